The normalized spacial score (nSPS) is 15.0. The van der Waals surface area contributed by atoms with Crippen LogP contribution in [0.1, 0.15) is 30.5 Å². The lowest BCUT2D eigenvalue weighted by Crippen LogP contribution is -2.09. The second kappa shape index (κ2) is 8.90. The van der Waals surface area contributed by atoms with Crippen LogP contribution >= 0.6 is 0 Å². The summed E-state index contributed by atoms with van der Waals surface area (Å²) in [6.07, 6.45) is 4.23. The molecule has 0 saturated carbocycles. The summed E-state index contributed by atoms with van der Waals surface area (Å²) in [5.74, 6) is 2.51. The van der Waals surface area contributed by atoms with E-state index in [1.165, 1.54) is 6.08 Å². The number of hydrogen-bond acceptors (Lipinski definition) is 5. The SMILES string of the molecule is CCOc1cc2c(cc1/C=C/C(=O)Nc1cc(OC)c(OC)cc1C)O[C@@H](C)C2. The Morgan fingerprint density at radius 3 is 2.59 bits per heavy atom. The standard InChI is InChI=1S/C23H27NO5/c1-6-28-19-12-17-10-15(3)29-20(17)11-16(19)7-8-23(25)24-18-13-22(27-5)21(26-4)9-14(18)2/h7-9,11-13,15H,6,10H2,1-5H3,(H,24,25)/b8-7+/t15-/m0/s1. The molecule has 1 aliphatic rings. The maximum absolute atomic E-state index is 12.5. The molecule has 0 unspecified atom stereocenters. The fraction of sp³-hybridized carbons (Fsp3) is 0.348. The number of carbonyl (C=O) groups is 1. The third-order valence-corrected chi connectivity index (χ3v) is 4.73. The Balaban J connectivity index is 1.80. The summed E-state index contributed by atoms with van der Waals surface area (Å²) in [5, 5.41) is 2.88. The van der Waals surface area contributed by atoms with Crippen molar-refractivity contribution in [2.45, 2.75) is 33.3 Å². The smallest absolute Gasteiger partial charge is 0.248 e. The molecule has 6 nitrogen and oxygen atoms in total. The van der Waals surface area contributed by atoms with Gasteiger partial charge in [0.25, 0.3) is 0 Å². The van der Waals surface area contributed by atoms with Gasteiger partial charge in [-0.05, 0) is 50.6 Å². The van der Waals surface area contributed by atoms with E-state index < -0.39 is 0 Å². The molecule has 0 radical (unpaired) electrons. The number of benzene rings is 2. The Labute approximate surface area is 171 Å². The number of methoxy groups -OCH3 is 2. The van der Waals surface area contributed by atoms with E-state index in [9.17, 15) is 4.79 Å². The molecule has 1 N–H and O–H groups in total. The van der Waals surface area contributed by atoms with Crippen molar-refractivity contribution in [1.29, 1.82) is 0 Å². The number of aryl methyl sites for hydroxylation is 1. The summed E-state index contributed by atoms with van der Waals surface area (Å²) in [6, 6.07) is 7.49. The first kappa shape index (κ1) is 20.6. The van der Waals surface area contributed by atoms with Crippen molar-refractivity contribution in [2.24, 2.45) is 0 Å². The molecule has 2 aromatic rings. The predicted octanol–water partition coefficient (Wildman–Crippen LogP) is 4.39. The number of ether oxygens (including phenoxy) is 4. The Hall–Kier alpha value is -3.15. The number of anilines is 1. The Morgan fingerprint density at radius 1 is 1.17 bits per heavy atom. The fourth-order valence-corrected chi connectivity index (χ4v) is 3.32. The second-order valence-corrected chi connectivity index (χ2v) is 6.91. The second-order valence-electron chi connectivity index (χ2n) is 6.91. The van der Waals surface area contributed by atoms with Gasteiger partial charge >= 0.3 is 0 Å². The van der Waals surface area contributed by atoms with Crippen LogP contribution in [0.25, 0.3) is 6.08 Å². The molecule has 0 spiro atoms. The fourth-order valence-electron chi connectivity index (χ4n) is 3.32. The molecule has 29 heavy (non-hydrogen) atoms. The largest absolute Gasteiger partial charge is 0.493 e. The number of hydrogen-bond donors (Lipinski definition) is 1. The van der Waals surface area contributed by atoms with Crippen LogP contribution in [0.3, 0.4) is 0 Å². The van der Waals surface area contributed by atoms with Gasteiger partial charge in [0, 0.05) is 35.4 Å². The number of carbonyl (C=O) groups excluding carboxylic acids is 1. The summed E-state index contributed by atoms with van der Waals surface area (Å²) in [6.45, 7) is 6.42. The van der Waals surface area contributed by atoms with Crippen LogP contribution in [-0.4, -0.2) is 32.8 Å². The van der Waals surface area contributed by atoms with Crippen molar-refractivity contribution in [2.75, 3.05) is 26.1 Å². The topological polar surface area (TPSA) is 66.0 Å². The van der Waals surface area contributed by atoms with E-state index in [4.69, 9.17) is 18.9 Å². The summed E-state index contributed by atoms with van der Waals surface area (Å²) in [5.41, 5.74) is 3.47. The highest BCUT2D eigenvalue weighted by atomic mass is 16.5. The average Bonchev–Trinajstić information content (AvgIpc) is 3.06. The van der Waals surface area contributed by atoms with E-state index in [2.05, 4.69) is 5.32 Å². The molecule has 0 aliphatic carbocycles. The molecule has 0 bridgehead atoms. The molecule has 1 amide bonds. The highest BCUT2D eigenvalue weighted by molar-refractivity contribution is 6.02. The first-order valence-electron chi connectivity index (χ1n) is 9.63. The molecule has 3 rings (SSSR count). The van der Waals surface area contributed by atoms with E-state index in [1.807, 2.05) is 39.0 Å². The first-order chi connectivity index (χ1) is 13.9. The summed E-state index contributed by atoms with van der Waals surface area (Å²) >= 11 is 0. The number of fused-ring (bicyclic) bond motifs is 1. The minimum Gasteiger partial charge on any atom is -0.493 e. The van der Waals surface area contributed by atoms with E-state index in [0.717, 1.165) is 34.6 Å². The van der Waals surface area contributed by atoms with Gasteiger partial charge in [-0.1, -0.05) is 0 Å². The van der Waals surface area contributed by atoms with E-state index in [1.54, 1.807) is 26.4 Å². The quantitative estimate of drug-likeness (QED) is 0.702. The molecule has 1 aliphatic heterocycles. The molecule has 0 fully saturated rings. The minimum atomic E-state index is -0.252. The average molecular weight is 397 g/mol. The Kier molecular flexibility index (Phi) is 6.32. The minimum absolute atomic E-state index is 0.148. The van der Waals surface area contributed by atoms with Gasteiger partial charge in [0.1, 0.15) is 17.6 Å². The van der Waals surface area contributed by atoms with Crippen molar-refractivity contribution in [1.82, 2.24) is 0 Å². The van der Waals surface area contributed by atoms with Crippen LogP contribution in [0.15, 0.2) is 30.3 Å². The molecule has 6 heteroatoms. The molecular formula is C23H27NO5. The van der Waals surface area contributed by atoms with Crippen LogP contribution in [0.5, 0.6) is 23.0 Å². The van der Waals surface area contributed by atoms with Crippen LogP contribution in [-0.2, 0) is 11.2 Å². The Bertz CT molecular complexity index is 935. The molecule has 2 aromatic carbocycles. The van der Waals surface area contributed by atoms with E-state index in [0.29, 0.717) is 23.8 Å². The lowest BCUT2D eigenvalue weighted by Gasteiger charge is -2.13. The van der Waals surface area contributed by atoms with Gasteiger partial charge in [0.2, 0.25) is 5.91 Å². The molecule has 154 valence electrons. The monoisotopic (exact) mass is 397 g/mol. The number of nitrogens with one attached hydrogen (secondary N) is 1. The van der Waals surface area contributed by atoms with Gasteiger partial charge < -0.3 is 24.3 Å². The lowest BCUT2D eigenvalue weighted by atomic mass is 10.1. The predicted molar refractivity (Wildman–Crippen MR) is 113 cm³/mol. The zero-order valence-electron chi connectivity index (χ0n) is 17.5. The molecular weight excluding hydrogens is 370 g/mol. The molecule has 1 atom stereocenters. The van der Waals surface area contributed by atoms with Gasteiger partial charge in [0.05, 0.1) is 20.8 Å². The van der Waals surface area contributed by atoms with Gasteiger partial charge in [-0.3, -0.25) is 4.79 Å². The van der Waals surface area contributed by atoms with E-state index >= 15 is 0 Å². The number of amides is 1. The van der Waals surface area contributed by atoms with E-state index in [-0.39, 0.29) is 12.0 Å². The summed E-state index contributed by atoms with van der Waals surface area (Å²) in [7, 11) is 3.14. The molecule has 0 aromatic heterocycles. The van der Waals surface area contributed by atoms with Gasteiger partial charge in [0.15, 0.2) is 11.5 Å². The third kappa shape index (κ3) is 4.65. The molecule has 0 saturated heterocycles. The number of rotatable bonds is 7. The third-order valence-electron chi connectivity index (χ3n) is 4.73. The van der Waals surface area contributed by atoms with Crippen molar-refractivity contribution >= 4 is 17.7 Å². The maximum atomic E-state index is 12.5. The van der Waals surface area contributed by atoms with Crippen LogP contribution in [0, 0.1) is 6.92 Å². The highest BCUT2D eigenvalue weighted by Gasteiger charge is 2.21. The van der Waals surface area contributed by atoms with Crippen molar-refractivity contribution in [3.8, 4) is 23.0 Å². The van der Waals surface area contributed by atoms with Gasteiger partial charge in [-0.2, -0.15) is 0 Å². The van der Waals surface area contributed by atoms with Crippen molar-refractivity contribution in [3.63, 3.8) is 0 Å². The summed E-state index contributed by atoms with van der Waals surface area (Å²) < 4.78 is 22.2. The van der Waals surface area contributed by atoms with Gasteiger partial charge in [-0.15, -0.1) is 0 Å². The summed E-state index contributed by atoms with van der Waals surface area (Å²) in [4.78, 5) is 12.5. The zero-order valence-corrected chi connectivity index (χ0v) is 17.5. The van der Waals surface area contributed by atoms with Crippen LogP contribution in [0.4, 0.5) is 5.69 Å². The van der Waals surface area contributed by atoms with Crippen molar-refractivity contribution in [3.05, 3.63) is 47.0 Å². The van der Waals surface area contributed by atoms with Gasteiger partial charge in [-0.25, -0.2) is 0 Å². The molecule has 1 heterocycles. The van der Waals surface area contributed by atoms with Crippen LogP contribution in [0.2, 0.25) is 0 Å². The highest BCUT2D eigenvalue weighted by Crippen LogP contribution is 2.36. The lowest BCUT2D eigenvalue weighted by molar-refractivity contribution is -0.111. The van der Waals surface area contributed by atoms with Crippen molar-refractivity contribution < 1.29 is 23.7 Å². The first-order valence-corrected chi connectivity index (χ1v) is 9.63. The maximum Gasteiger partial charge on any atom is 0.248 e. The Morgan fingerprint density at radius 2 is 1.90 bits per heavy atom. The van der Waals surface area contributed by atoms with Crippen LogP contribution < -0.4 is 24.3 Å². The zero-order chi connectivity index (χ0) is 21.0.